The highest BCUT2D eigenvalue weighted by atomic mass is 79.9. The molecule has 1 aromatic carbocycles. The van der Waals surface area contributed by atoms with E-state index >= 15 is 0 Å². The Bertz CT molecular complexity index is 620. The van der Waals surface area contributed by atoms with Crippen molar-refractivity contribution in [1.29, 1.82) is 0 Å². The van der Waals surface area contributed by atoms with Crippen LogP contribution in [-0.4, -0.2) is 17.1 Å². The van der Waals surface area contributed by atoms with E-state index in [4.69, 9.17) is 10.5 Å². The van der Waals surface area contributed by atoms with Gasteiger partial charge in [-0.05, 0) is 37.5 Å². The number of ether oxygens (including phenoxy) is 1. The molecule has 2 aromatic rings. The summed E-state index contributed by atoms with van der Waals surface area (Å²) in [6.45, 7) is 6.60. The van der Waals surface area contributed by atoms with Crippen molar-refractivity contribution in [2.75, 3.05) is 7.11 Å². The molecule has 0 fully saturated rings. The van der Waals surface area contributed by atoms with Crippen LogP contribution in [0.2, 0.25) is 0 Å². The molecular weight excluding hydrogens is 306 g/mol. The number of aromatic nitrogens is 2. The summed E-state index contributed by atoms with van der Waals surface area (Å²) in [5.74, 6) is 1.65. The number of aromatic amines is 1. The number of nitrogens with one attached hydrogen (secondary N) is 1. The van der Waals surface area contributed by atoms with E-state index < -0.39 is 0 Å². The number of halogens is 1. The fraction of sp³-hybridized carbons (Fsp3) is 0.357. The van der Waals surface area contributed by atoms with E-state index in [1.807, 2.05) is 0 Å². The van der Waals surface area contributed by atoms with Crippen LogP contribution in [0.15, 0.2) is 10.7 Å². The highest BCUT2D eigenvalue weighted by Gasteiger charge is 2.19. The summed E-state index contributed by atoms with van der Waals surface area (Å²) in [5, 5.41) is 0. The Kier molecular flexibility index (Phi) is 3.96. The van der Waals surface area contributed by atoms with Gasteiger partial charge in [0.05, 0.1) is 25.5 Å². The van der Waals surface area contributed by atoms with Crippen LogP contribution in [-0.2, 0) is 6.54 Å². The molecule has 0 amide bonds. The minimum absolute atomic E-state index is 0.396. The lowest BCUT2D eigenvalue weighted by atomic mass is 9.97. The summed E-state index contributed by atoms with van der Waals surface area (Å²) in [4.78, 5) is 7.49. The molecule has 19 heavy (non-hydrogen) atoms. The Morgan fingerprint density at radius 3 is 2.47 bits per heavy atom. The zero-order valence-corrected chi connectivity index (χ0v) is 13.2. The molecule has 0 bridgehead atoms. The first-order valence-electron chi connectivity index (χ1n) is 6.08. The van der Waals surface area contributed by atoms with Gasteiger partial charge in [0, 0.05) is 10.0 Å². The van der Waals surface area contributed by atoms with E-state index in [2.05, 4.69) is 46.7 Å². The summed E-state index contributed by atoms with van der Waals surface area (Å²) in [7, 11) is 1.69. The average molecular weight is 324 g/mol. The summed E-state index contributed by atoms with van der Waals surface area (Å²) in [6, 6.07) is 0. The Morgan fingerprint density at radius 2 is 1.95 bits per heavy atom. The van der Waals surface area contributed by atoms with Crippen LogP contribution in [0.4, 0.5) is 0 Å². The summed E-state index contributed by atoms with van der Waals surface area (Å²) >= 11 is 3.65. The van der Waals surface area contributed by atoms with E-state index in [-0.39, 0.29) is 0 Å². The first-order valence-corrected chi connectivity index (χ1v) is 6.88. The fourth-order valence-electron chi connectivity index (χ4n) is 2.26. The van der Waals surface area contributed by atoms with Gasteiger partial charge in [-0.25, -0.2) is 4.98 Å². The number of nitrogens with zero attached hydrogens (tertiary/aromatic N) is 1. The number of rotatable bonds is 3. The molecule has 0 aliphatic carbocycles. The number of hydrogen-bond acceptors (Lipinski definition) is 3. The number of benzene rings is 1. The lowest BCUT2D eigenvalue weighted by molar-refractivity contribution is 0.412. The lowest BCUT2D eigenvalue weighted by Crippen LogP contribution is -2.00. The van der Waals surface area contributed by atoms with Crippen LogP contribution >= 0.6 is 15.9 Å². The Hall–Kier alpha value is -1.33. The average Bonchev–Trinajstić information content (AvgIpc) is 2.88. The first-order chi connectivity index (χ1) is 9.01. The number of nitrogens with two attached hydrogens (primary N) is 1. The van der Waals surface area contributed by atoms with Gasteiger partial charge in [-0.3, -0.25) is 0 Å². The maximum atomic E-state index is 5.60. The Labute approximate surface area is 121 Å². The van der Waals surface area contributed by atoms with E-state index in [1.54, 1.807) is 13.3 Å². The molecule has 0 spiro atoms. The second-order valence-corrected chi connectivity index (χ2v) is 5.34. The maximum Gasteiger partial charge on any atom is 0.131 e. The van der Waals surface area contributed by atoms with Gasteiger partial charge in [-0.2, -0.15) is 0 Å². The zero-order chi connectivity index (χ0) is 14.2. The monoisotopic (exact) mass is 323 g/mol. The highest BCUT2D eigenvalue weighted by Crippen LogP contribution is 2.41. The molecule has 2 rings (SSSR count). The van der Waals surface area contributed by atoms with Crippen molar-refractivity contribution in [1.82, 2.24) is 9.97 Å². The molecule has 0 atom stereocenters. The van der Waals surface area contributed by atoms with Gasteiger partial charge in [0.1, 0.15) is 11.6 Å². The van der Waals surface area contributed by atoms with Gasteiger partial charge in [-0.15, -0.1) is 0 Å². The van der Waals surface area contributed by atoms with E-state index in [1.165, 1.54) is 5.56 Å². The molecule has 0 saturated heterocycles. The third-order valence-electron chi connectivity index (χ3n) is 3.46. The summed E-state index contributed by atoms with van der Waals surface area (Å²) < 4.78 is 6.69. The molecule has 102 valence electrons. The van der Waals surface area contributed by atoms with Crippen molar-refractivity contribution in [3.63, 3.8) is 0 Å². The topological polar surface area (TPSA) is 63.9 Å². The molecule has 0 unspecified atom stereocenters. The van der Waals surface area contributed by atoms with E-state index in [0.29, 0.717) is 6.54 Å². The molecule has 5 heteroatoms. The summed E-state index contributed by atoms with van der Waals surface area (Å²) in [5.41, 5.74) is 11.0. The van der Waals surface area contributed by atoms with Crippen LogP contribution in [0.5, 0.6) is 5.75 Å². The molecule has 0 radical (unpaired) electrons. The largest absolute Gasteiger partial charge is 0.496 e. The van der Waals surface area contributed by atoms with Crippen LogP contribution in [0.1, 0.15) is 22.5 Å². The Morgan fingerprint density at radius 1 is 1.26 bits per heavy atom. The third kappa shape index (κ3) is 2.28. The van der Waals surface area contributed by atoms with Gasteiger partial charge in [-0.1, -0.05) is 15.9 Å². The summed E-state index contributed by atoms with van der Waals surface area (Å²) in [6.07, 6.45) is 1.80. The molecular formula is C14H18BrN3O. The molecule has 0 saturated carbocycles. The molecule has 1 heterocycles. The molecule has 1 aromatic heterocycles. The van der Waals surface area contributed by atoms with E-state index in [0.717, 1.165) is 38.4 Å². The van der Waals surface area contributed by atoms with Crippen molar-refractivity contribution in [3.8, 4) is 17.0 Å². The van der Waals surface area contributed by atoms with Gasteiger partial charge in [0.15, 0.2) is 0 Å². The zero-order valence-electron chi connectivity index (χ0n) is 11.6. The van der Waals surface area contributed by atoms with Crippen molar-refractivity contribution < 1.29 is 4.74 Å². The number of H-pyrrole nitrogens is 1. The number of imidazole rings is 1. The predicted octanol–water partition coefficient (Wildman–Crippen LogP) is 3.23. The van der Waals surface area contributed by atoms with Crippen molar-refractivity contribution >= 4 is 15.9 Å². The van der Waals surface area contributed by atoms with Crippen molar-refractivity contribution in [3.05, 3.63) is 33.2 Å². The number of hydrogen-bond donors (Lipinski definition) is 2. The Balaban J connectivity index is 2.74. The second-order valence-electron chi connectivity index (χ2n) is 4.54. The normalized spacial score (nSPS) is 10.8. The van der Waals surface area contributed by atoms with Crippen LogP contribution in [0.25, 0.3) is 11.3 Å². The van der Waals surface area contributed by atoms with Crippen LogP contribution in [0, 0.1) is 20.8 Å². The minimum Gasteiger partial charge on any atom is -0.496 e. The quantitative estimate of drug-likeness (QED) is 0.911. The van der Waals surface area contributed by atoms with E-state index in [9.17, 15) is 0 Å². The third-order valence-corrected chi connectivity index (χ3v) is 4.65. The van der Waals surface area contributed by atoms with Crippen LogP contribution in [0.3, 0.4) is 0 Å². The predicted molar refractivity (Wildman–Crippen MR) is 80.4 cm³/mol. The number of methoxy groups -OCH3 is 1. The van der Waals surface area contributed by atoms with Gasteiger partial charge >= 0.3 is 0 Å². The lowest BCUT2D eigenvalue weighted by Gasteiger charge is -2.17. The maximum absolute atomic E-state index is 5.60. The smallest absolute Gasteiger partial charge is 0.131 e. The van der Waals surface area contributed by atoms with Crippen molar-refractivity contribution in [2.24, 2.45) is 5.73 Å². The second kappa shape index (κ2) is 5.35. The van der Waals surface area contributed by atoms with Gasteiger partial charge in [0.2, 0.25) is 0 Å². The molecule has 4 nitrogen and oxygen atoms in total. The van der Waals surface area contributed by atoms with Gasteiger partial charge < -0.3 is 15.5 Å². The first kappa shape index (κ1) is 14.1. The minimum atomic E-state index is 0.396. The van der Waals surface area contributed by atoms with Gasteiger partial charge in [0.25, 0.3) is 0 Å². The standard InChI is InChI=1S/C14H18BrN3O/c1-7-8(2)14(19-4)12(9(3)13(7)15)10-6-17-11(5-16)18-10/h6H,5,16H2,1-4H3,(H,17,18). The molecule has 3 N–H and O–H groups in total. The van der Waals surface area contributed by atoms with Crippen LogP contribution < -0.4 is 10.5 Å². The molecule has 0 aliphatic heterocycles. The fourth-order valence-corrected chi connectivity index (χ4v) is 2.75. The SMILES string of the molecule is COc1c(C)c(C)c(Br)c(C)c1-c1cnc(CN)[nH]1. The highest BCUT2D eigenvalue weighted by molar-refractivity contribution is 9.10. The molecule has 0 aliphatic rings. The van der Waals surface area contributed by atoms with Crippen molar-refractivity contribution in [2.45, 2.75) is 27.3 Å².